The number of furan rings is 1. The Labute approximate surface area is 223 Å². The molecule has 0 N–H and O–H groups in total. The van der Waals surface area contributed by atoms with Crippen molar-refractivity contribution in [2.75, 3.05) is 26.2 Å². The van der Waals surface area contributed by atoms with Gasteiger partial charge in [-0.1, -0.05) is 68.4 Å². The third kappa shape index (κ3) is 5.97. The minimum absolute atomic E-state index is 0.106. The van der Waals surface area contributed by atoms with Crippen molar-refractivity contribution in [2.45, 2.75) is 32.4 Å². The Morgan fingerprint density at radius 2 is 1.50 bits per heavy atom. The molecule has 0 spiro atoms. The van der Waals surface area contributed by atoms with E-state index in [1.54, 1.807) is 24.3 Å². The zero-order chi connectivity index (χ0) is 26.5. The average molecular weight is 513 g/mol. The summed E-state index contributed by atoms with van der Waals surface area (Å²) in [4.78, 5) is 17.1. The highest BCUT2D eigenvalue weighted by Gasteiger charge is 2.25. The van der Waals surface area contributed by atoms with Crippen LogP contribution in [0.1, 0.15) is 46.9 Å². The fourth-order valence-electron chi connectivity index (χ4n) is 4.83. The molecule has 1 fully saturated rings. The molecule has 0 bridgehead atoms. The van der Waals surface area contributed by atoms with Crippen LogP contribution in [0.25, 0.3) is 0 Å². The molecule has 1 aliphatic rings. The van der Waals surface area contributed by atoms with Gasteiger partial charge >= 0.3 is 0 Å². The molecule has 3 aromatic carbocycles. The summed E-state index contributed by atoms with van der Waals surface area (Å²) >= 11 is 0. The lowest BCUT2D eigenvalue weighted by molar-refractivity contribution is 0.0594. The molecular formula is C32H33FN2O3. The van der Waals surface area contributed by atoms with E-state index < -0.39 is 0 Å². The zero-order valence-electron chi connectivity index (χ0n) is 21.9. The lowest BCUT2D eigenvalue weighted by Gasteiger charge is -2.34. The number of hydrogen-bond acceptors (Lipinski definition) is 4. The first-order chi connectivity index (χ1) is 18.4. The number of nitrogens with zero attached hydrogens (tertiary/aromatic N) is 2. The predicted octanol–water partition coefficient (Wildman–Crippen LogP) is 6.28. The average Bonchev–Trinajstić information content (AvgIpc) is 3.43. The number of carbonyl (C=O) groups excluding carboxylic acids is 1. The molecule has 38 heavy (non-hydrogen) atoms. The van der Waals surface area contributed by atoms with E-state index in [0.29, 0.717) is 24.6 Å². The van der Waals surface area contributed by atoms with Gasteiger partial charge in [-0.15, -0.1) is 0 Å². The van der Waals surface area contributed by atoms with Crippen LogP contribution in [0.5, 0.6) is 5.75 Å². The highest BCUT2D eigenvalue weighted by Crippen LogP contribution is 2.32. The Morgan fingerprint density at radius 3 is 2.18 bits per heavy atom. The molecular weight excluding hydrogens is 479 g/mol. The SMILES string of the molecule is CC(C)(c1ccccc1)c1ccc(OCc2ccc(C(=O)N3CCN(Cc4ccc(F)cc4)CC3)o2)cc1. The molecule has 1 aromatic heterocycles. The van der Waals surface area contributed by atoms with Crippen LogP contribution < -0.4 is 4.74 Å². The third-order valence-corrected chi connectivity index (χ3v) is 7.30. The maximum absolute atomic E-state index is 13.1. The Hall–Kier alpha value is -3.90. The Bertz CT molecular complexity index is 1340. The summed E-state index contributed by atoms with van der Waals surface area (Å²) < 4.78 is 24.9. The van der Waals surface area contributed by atoms with E-state index in [2.05, 4.69) is 55.1 Å². The molecule has 1 aliphatic heterocycles. The number of rotatable bonds is 8. The summed E-state index contributed by atoms with van der Waals surface area (Å²) in [5, 5.41) is 0. The lowest BCUT2D eigenvalue weighted by atomic mass is 9.78. The molecule has 5 rings (SSSR count). The van der Waals surface area contributed by atoms with Gasteiger partial charge in [0.1, 0.15) is 23.9 Å². The third-order valence-electron chi connectivity index (χ3n) is 7.30. The van der Waals surface area contributed by atoms with Gasteiger partial charge in [0.2, 0.25) is 0 Å². The van der Waals surface area contributed by atoms with E-state index >= 15 is 0 Å². The second-order valence-corrected chi connectivity index (χ2v) is 10.3. The van der Waals surface area contributed by atoms with E-state index in [1.807, 2.05) is 23.1 Å². The van der Waals surface area contributed by atoms with Crippen molar-refractivity contribution in [3.05, 3.63) is 125 Å². The van der Waals surface area contributed by atoms with Gasteiger partial charge in [-0.25, -0.2) is 4.39 Å². The van der Waals surface area contributed by atoms with E-state index in [4.69, 9.17) is 9.15 Å². The molecule has 196 valence electrons. The van der Waals surface area contributed by atoms with Crippen molar-refractivity contribution in [1.82, 2.24) is 9.80 Å². The molecule has 5 nitrogen and oxygen atoms in total. The van der Waals surface area contributed by atoms with Crippen molar-refractivity contribution in [1.29, 1.82) is 0 Å². The van der Waals surface area contributed by atoms with Crippen LogP contribution in [0, 0.1) is 5.82 Å². The quantitative estimate of drug-likeness (QED) is 0.279. The number of hydrogen-bond donors (Lipinski definition) is 0. The molecule has 0 unspecified atom stereocenters. The Balaban J connectivity index is 1.11. The maximum atomic E-state index is 13.1. The molecule has 0 radical (unpaired) electrons. The van der Waals surface area contributed by atoms with Gasteiger partial charge in [0.05, 0.1) is 0 Å². The van der Waals surface area contributed by atoms with Crippen LogP contribution in [0.3, 0.4) is 0 Å². The molecule has 4 aromatic rings. The van der Waals surface area contributed by atoms with Crippen molar-refractivity contribution >= 4 is 5.91 Å². The summed E-state index contributed by atoms with van der Waals surface area (Å²) in [5.74, 6) is 1.35. The van der Waals surface area contributed by atoms with Crippen molar-refractivity contribution in [3.8, 4) is 5.75 Å². The number of amides is 1. The molecule has 6 heteroatoms. The van der Waals surface area contributed by atoms with Crippen molar-refractivity contribution < 1.29 is 18.3 Å². The van der Waals surface area contributed by atoms with Crippen LogP contribution in [0.2, 0.25) is 0 Å². The fourth-order valence-corrected chi connectivity index (χ4v) is 4.83. The highest BCUT2D eigenvalue weighted by molar-refractivity contribution is 5.91. The second kappa shape index (κ2) is 11.2. The van der Waals surface area contributed by atoms with E-state index in [-0.39, 0.29) is 23.7 Å². The fraction of sp³-hybridized carbons (Fsp3) is 0.281. The van der Waals surface area contributed by atoms with E-state index in [1.165, 1.54) is 23.3 Å². The number of carbonyl (C=O) groups is 1. The van der Waals surface area contributed by atoms with Gasteiger partial charge in [-0.2, -0.15) is 0 Å². The van der Waals surface area contributed by atoms with Gasteiger partial charge < -0.3 is 14.1 Å². The van der Waals surface area contributed by atoms with Crippen molar-refractivity contribution in [3.63, 3.8) is 0 Å². The van der Waals surface area contributed by atoms with Gasteiger partial charge in [0.15, 0.2) is 5.76 Å². The monoisotopic (exact) mass is 512 g/mol. The minimum Gasteiger partial charge on any atom is -0.486 e. The number of halogens is 1. The molecule has 0 atom stereocenters. The molecule has 1 amide bonds. The maximum Gasteiger partial charge on any atom is 0.289 e. The van der Waals surface area contributed by atoms with Crippen LogP contribution in [0.15, 0.2) is 95.4 Å². The molecule has 1 saturated heterocycles. The zero-order valence-corrected chi connectivity index (χ0v) is 21.9. The first-order valence-corrected chi connectivity index (χ1v) is 13.0. The number of ether oxygens (including phenoxy) is 1. The summed E-state index contributed by atoms with van der Waals surface area (Å²) in [5.41, 5.74) is 3.43. The Morgan fingerprint density at radius 1 is 0.842 bits per heavy atom. The predicted molar refractivity (Wildman–Crippen MR) is 146 cm³/mol. The first-order valence-electron chi connectivity index (χ1n) is 13.0. The van der Waals surface area contributed by atoms with Gasteiger partial charge in [-0.3, -0.25) is 9.69 Å². The second-order valence-electron chi connectivity index (χ2n) is 10.3. The van der Waals surface area contributed by atoms with Crippen LogP contribution in [-0.2, 0) is 18.6 Å². The largest absolute Gasteiger partial charge is 0.486 e. The van der Waals surface area contributed by atoms with Gasteiger partial charge in [0, 0.05) is 38.1 Å². The summed E-state index contributed by atoms with van der Waals surface area (Å²) in [6.45, 7) is 8.19. The summed E-state index contributed by atoms with van der Waals surface area (Å²) in [6, 6.07) is 28.7. The van der Waals surface area contributed by atoms with Crippen LogP contribution in [-0.4, -0.2) is 41.9 Å². The molecule has 0 aliphatic carbocycles. The van der Waals surface area contributed by atoms with Crippen LogP contribution in [0.4, 0.5) is 4.39 Å². The summed E-state index contributed by atoms with van der Waals surface area (Å²) in [7, 11) is 0. The first kappa shape index (κ1) is 25.7. The van der Waals surface area contributed by atoms with Crippen molar-refractivity contribution in [2.24, 2.45) is 0 Å². The van der Waals surface area contributed by atoms with Gasteiger partial charge in [-0.05, 0) is 53.1 Å². The Kier molecular flexibility index (Phi) is 7.61. The minimum atomic E-state index is -0.229. The van der Waals surface area contributed by atoms with E-state index in [0.717, 1.165) is 30.9 Å². The summed E-state index contributed by atoms with van der Waals surface area (Å²) in [6.07, 6.45) is 0. The highest BCUT2D eigenvalue weighted by atomic mass is 19.1. The van der Waals surface area contributed by atoms with Gasteiger partial charge in [0.25, 0.3) is 5.91 Å². The molecule has 0 saturated carbocycles. The smallest absolute Gasteiger partial charge is 0.289 e. The standard InChI is InChI=1S/C32H33FN2O3/c1-32(2,25-6-4-3-5-7-25)26-10-14-28(15-11-26)37-23-29-16-17-30(38-29)31(36)35-20-18-34(19-21-35)22-24-8-12-27(33)13-9-24/h3-17H,18-23H2,1-2H3. The van der Waals surface area contributed by atoms with E-state index in [9.17, 15) is 9.18 Å². The van der Waals surface area contributed by atoms with Crippen LogP contribution >= 0.6 is 0 Å². The number of benzene rings is 3. The molecule has 2 heterocycles. The lowest BCUT2D eigenvalue weighted by Crippen LogP contribution is -2.48. The number of piperazine rings is 1. The normalized spacial score (nSPS) is 14.4. The topological polar surface area (TPSA) is 45.9 Å².